The van der Waals surface area contributed by atoms with Crippen molar-refractivity contribution in [3.63, 3.8) is 0 Å². The monoisotopic (exact) mass is 598 g/mol. The van der Waals surface area contributed by atoms with Gasteiger partial charge in [-0.05, 0) is 109 Å². The molecule has 43 heavy (non-hydrogen) atoms. The SMILES string of the molecule is COC1CCC(OC)C(PC2C(C(C)C)CC(c3c(-c4ccccc4)cccc3-c3cc(C)cc(C)c3)CC2C(C)C)C1. The molecule has 0 radical (unpaired) electrons. The highest BCUT2D eigenvalue weighted by atomic mass is 31.1. The van der Waals surface area contributed by atoms with Crippen molar-refractivity contribution in [2.75, 3.05) is 14.2 Å². The first kappa shape index (κ1) is 32.4. The molecule has 0 bridgehead atoms. The molecule has 6 atom stereocenters. The highest BCUT2D eigenvalue weighted by molar-refractivity contribution is 7.40. The van der Waals surface area contributed by atoms with E-state index in [1.165, 1.54) is 46.2 Å². The average molecular weight is 599 g/mol. The van der Waals surface area contributed by atoms with Gasteiger partial charge in [0.25, 0.3) is 0 Å². The van der Waals surface area contributed by atoms with E-state index < -0.39 is 0 Å². The fraction of sp³-hybridized carbons (Fsp3) is 0.550. The largest absolute Gasteiger partial charge is 0.381 e. The molecule has 0 saturated heterocycles. The van der Waals surface area contributed by atoms with Crippen molar-refractivity contribution in [2.24, 2.45) is 23.7 Å². The molecule has 0 heterocycles. The summed E-state index contributed by atoms with van der Waals surface area (Å²) in [4.78, 5) is 0. The fourth-order valence-electron chi connectivity index (χ4n) is 8.50. The van der Waals surface area contributed by atoms with Crippen molar-refractivity contribution in [3.05, 3.63) is 83.4 Å². The topological polar surface area (TPSA) is 18.5 Å². The van der Waals surface area contributed by atoms with Gasteiger partial charge in [-0.1, -0.05) is 106 Å². The second-order valence-corrected chi connectivity index (χ2v) is 16.0. The van der Waals surface area contributed by atoms with Crippen LogP contribution in [0, 0.1) is 37.5 Å². The second kappa shape index (κ2) is 14.4. The highest BCUT2D eigenvalue weighted by Gasteiger charge is 2.44. The van der Waals surface area contributed by atoms with Gasteiger partial charge in [-0.3, -0.25) is 0 Å². The van der Waals surface area contributed by atoms with E-state index in [2.05, 4.69) is 108 Å². The van der Waals surface area contributed by atoms with Gasteiger partial charge >= 0.3 is 0 Å². The molecule has 2 aliphatic rings. The van der Waals surface area contributed by atoms with Crippen LogP contribution in [0.2, 0.25) is 0 Å². The van der Waals surface area contributed by atoms with E-state index in [9.17, 15) is 0 Å². The van der Waals surface area contributed by atoms with Crippen molar-refractivity contribution < 1.29 is 9.47 Å². The first-order chi connectivity index (χ1) is 20.7. The van der Waals surface area contributed by atoms with Crippen molar-refractivity contribution in [3.8, 4) is 22.3 Å². The van der Waals surface area contributed by atoms with Gasteiger partial charge in [0.15, 0.2) is 0 Å². The molecule has 2 nitrogen and oxygen atoms in total. The van der Waals surface area contributed by atoms with E-state index >= 15 is 0 Å². The molecule has 0 spiro atoms. The minimum atomic E-state index is 0.373. The van der Waals surface area contributed by atoms with Crippen LogP contribution < -0.4 is 0 Å². The number of hydrogen-bond donors (Lipinski definition) is 0. The maximum Gasteiger partial charge on any atom is 0.0638 e. The Labute approximate surface area is 264 Å². The van der Waals surface area contributed by atoms with E-state index in [0.717, 1.165) is 33.5 Å². The van der Waals surface area contributed by atoms with Crippen LogP contribution in [0.25, 0.3) is 22.3 Å². The zero-order valence-corrected chi connectivity index (χ0v) is 28.9. The minimum absolute atomic E-state index is 0.373. The van der Waals surface area contributed by atoms with Gasteiger partial charge in [-0.2, -0.15) is 0 Å². The van der Waals surface area contributed by atoms with Gasteiger partial charge in [-0.15, -0.1) is 8.58 Å². The van der Waals surface area contributed by atoms with Crippen LogP contribution in [-0.2, 0) is 9.47 Å². The van der Waals surface area contributed by atoms with E-state index in [1.807, 2.05) is 14.2 Å². The van der Waals surface area contributed by atoms with Gasteiger partial charge in [0, 0.05) is 19.9 Å². The third-order valence-corrected chi connectivity index (χ3v) is 12.9. The molecule has 6 unspecified atom stereocenters. The zero-order chi connectivity index (χ0) is 30.7. The van der Waals surface area contributed by atoms with Crippen LogP contribution >= 0.6 is 8.58 Å². The lowest BCUT2D eigenvalue weighted by Crippen LogP contribution is -2.43. The van der Waals surface area contributed by atoms with Crippen LogP contribution in [0.15, 0.2) is 66.7 Å². The first-order valence-electron chi connectivity index (χ1n) is 16.8. The van der Waals surface area contributed by atoms with Crippen molar-refractivity contribution >= 4 is 8.58 Å². The lowest BCUT2D eigenvalue weighted by Gasteiger charge is -2.49. The van der Waals surface area contributed by atoms with E-state index in [4.69, 9.17) is 9.47 Å². The Morgan fingerprint density at radius 1 is 0.674 bits per heavy atom. The Kier molecular flexibility index (Phi) is 10.9. The van der Waals surface area contributed by atoms with Crippen LogP contribution in [-0.4, -0.2) is 37.7 Å². The van der Waals surface area contributed by atoms with Crippen LogP contribution in [0.4, 0.5) is 0 Å². The number of ether oxygens (including phenoxy) is 2. The molecule has 0 aliphatic heterocycles. The molecule has 3 heteroatoms. The molecule has 3 aromatic carbocycles. The second-order valence-electron chi connectivity index (χ2n) is 14.2. The zero-order valence-electron chi connectivity index (χ0n) is 27.9. The van der Waals surface area contributed by atoms with Gasteiger partial charge in [0.1, 0.15) is 0 Å². The number of aryl methyl sites for hydroxylation is 2. The van der Waals surface area contributed by atoms with Crippen LogP contribution in [0.3, 0.4) is 0 Å². The Morgan fingerprint density at radius 2 is 1.28 bits per heavy atom. The number of rotatable bonds is 9. The number of hydrogen-bond acceptors (Lipinski definition) is 2. The Bertz CT molecular complexity index is 1290. The summed E-state index contributed by atoms with van der Waals surface area (Å²) in [5, 5.41) is 0. The third-order valence-electron chi connectivity index (χ3n) is 10.7. The lowest BCUT2D eigenvalue weighted by atomic mass is 9.64. The molecule has 2 fully saturated rings. The molecule has 0 N–H and O–H groups in total. The van der Waals surface area contributed by atoms with Crippen molar-refractivity contribution in [2.45, 2.75) is 103 Å². The Balaban J connectivity index is 1.58. The molecular formula is C40H55O2P. The summed E-state index contributed by atoms with van der Waals surface area (Å²) in [7, 11) is 4.76. The fourth-order valence-corrected chi connectivity index (χ4v) is 11.4. The molecule has 232 valence electrons. The first-order valence-corrected chi connectivity index (χ1v) is 17.9. The van der Waals surface area contributed by atoms with Crippen LogP contribution in [0.5, 0.6) is 0 Å². The maximum absolute atomic E-state index is 6.12. The Hall–Kier alpha value is -1.99. The van der Waals surface area contributed by atoms with Crippen molar-refractivity contribution in [1.29, 1.82) is 0 Å². The summed E-state index contributed by atoms with van der Waals surface area (Å²) in [6, 6.07) is 25.3. The predicted octanol–water partition coefficient (Wildman–Crippen LogP) is 10.7. The Morgan fingerprint density at radius 3 is 1.84 bits per heavy atom. The highest BCUT2D eigenvalue weighted by Crippen LogP contribution is 2.56. The smallest absolute Gasteiger partial charge is 0.0638 e. The summed E-state index contributed by atoms with van der Waals surface area (Å²) >= 11 is 0. The number of methoxy groups -OCH3 is 2. The minimum Gasteiger partial charge on any atom is -0.381 e. The molecule has 5 rings (SSSR count). The summed E-state index contributed by atoms with van der Waals surface area (Å²) in [5.41, 5.74) is 11.2. The summed E-state index contributed by atoms with van der Waals surface area (Å²) in [6.45, 7) is 14.4. The quantitative estimate of drug-likeness (QED) is 0.228. The summed E-state index contributed by atoms with van der Waals surface area (Å²) in [5.74, 6) is 3.22. The molecule has 2 aliphatic carbocycles. The van der Waals surface area contributed by atoms with Gasteiger partial charge in [0.05, 0.1) is 12.2 Å². The van der Waals surface area contributed by atoms with Crippen LogP contribution in [0.1, 0.15) is 82.4 Å². The maximum atomic E-state index is 6.12. The van der Waals surface area contributed by atoms with Gasteiger partial charge < -0.3 is 9.47 Å². The van der Waals surface area contributed by atoms with Gasteiger partial charge in [0.2, 0.25) is 0 Å². The normalized spacial score (nSPS) is 28.3. The molecule has 3 aromatic rings. The number of benzene rings is 3. The van der Waals surface area contributed by atoms with E-state index in [0.29, 0.717) is 47.5 Å². The lowest BCUT2D eigenvalue weighted by molar-refractivity contribution is 0.00772. The summed E-state index contributed by atoms with van der Waals surface area (Å²) < 4.78 is 12.0. The standard InChI is InChI=1S/C40H55O2P/c1-25(2)35-22-31(23-36(26(3)4)40(35)43-38-24-32(41-7)17-18-37(38)42-8)39-33(29-13-10-9-11-14-29)15-12-16-34(39)30-20-27(5)19-28(6)21-30/h9-16,19-21,25-26,31-32,35-38,40,43H,17-18,22-24H2,1-8H3. The molecule has 2 saturated carbocycles. The molecular weight excluding hydrogens is 543 g/mol. The predicted molar refractivity (Wildman–Crippen MR) is 187 cm³/mol. The molecule has 0 aromatic heterocycles. The van der Waals surface area contributed by atoms with E-state index in [-0.39, 0.29) is 0 Å². The third kappa shape index (κ3) is 7.30. The van der Waals surface area contributed by atoms with Gasteiger partial charge in [-0.25, -0.2) is 0 Å². The molecule has 0 amide bonds. The van der Waals surface area contributed by atoms with E-state index in [1.54, 1.807) is 5.56 Å². The van der Waals surface area contributed by atoms with Crippen molar-refractivity contribution in [1.82, 2.24) is 0 Å². The summed E-state index contributed by atoms with van der Waals surface area (Å²) in [6.07, 6.45) is 6.69. The average Bonchev–Trinajstić information content (AvgIpc) is 3.00.